The molecule has 1 heterocycles. The number of aromatic nitrogens is 2. The van der Waals surface area contributed by atoms with Crippen molar-refractivity contribution < 1.29 is 0 Å². The molecule has 0 radical (unpaired) electrons. The molecule has 1 saturated carbocycles. The first-order chi connectivity index (χ1) is 7.76. The predicted molar refractivity (Wildman–Crippen MR) is 65.3 cm³/mol. The van der Waals surface area contributed by atoms with Gasteiger partial charge in [0.2, 0.25) is 5.95 Å². The molecule has 0 aliphatic heterocycles. The normalized spacial score (nSPS) is 15.2. The van der Waals surface area contributed by atoms with Crippen molar-refractivity contribution in [2.24, 2.45) is 5.73 Å². The number of nitrogens with two attached hydrogens (primary N) is 1. The second-order valence-electron chi connectivity index (χ2n) is 4.41. The van der Waals surface area contributed by atoms with Crippen molar-refractivity contribution in [3.05, 3.63) is 17.5 Å². The SMILES string of the molecule is CCCN(c1ncc(CN)c(C)n1)C1CC1. The molecular formula is C12H20N4. The Hall–Kier alpha value is -1.16. The maximum atomic E-state index is 5.61. The molecule has 16 heavy (non-hydrogen) atoms. The van der Waals surface area contributed by atoms with E-state index in [9.17, 15) is 0 Å². The zero-order valence-electron chi connectivity index (χ0n) is 10.1. The molecule has 1 aliphatic rings. The highest BCUT2D eigenvalue weighted by Gasteiger charge is 2.30. The van der Waals surface area contributed by atoms with Crippen molar-refractivity contribution in [3.8, 4) is 0 Å². The fraction of sp³-hybridized carbons (Fsp3) is 0.667. The van der Waals surface area contributed by atoms with Gasteiger partial charge in [-0.1, -0.05) is 6.92 Å². The third kappa shape index (κ3) is 2.32. The molecule has 88 valence electrons. The van der Waals surface area contributed by atoms with Gasteiger partial charge in [-0.05, 0) is 26.2 Å². The molecule has 1 aliphatic carbocycles. The van der Waals surface area contributed by atoms with Crippen LogP contribution in [-0.4, -0.2) is 22.6 Å². The van der Waals surface area contributed by atoms with E-state index in [-0.39, 0.29) is 0 Å². The lowest BCUT2D eigenvalue weighted by molar-refractivity contribution is 0.730. The molecule has 0 bridgehead atoms. The van der Waals surface area contributed by atoms with Gasteiger partial charge in [0.15, 0.2) is 0 Å². The average molecular weight is 220 g/mol. The van der Waals surface area contributed by atoms with Gasteiger partial charge >= 0.3 is 0 Å². The maximum Gasteiger partial charge on any atom is 0.225 e. The molecule has 0 spiro atoms. The lowest BCUT2D eigenvalue weighted by Crippen LogP contribution is -2.28. The van der Waals surface area contributed by atoms with Gasteiger partial charge in [0.05, 0.1) is 0 Å². The van der Waals surface area contributed by atoms with Crippen molar-refractivity contribution in [1.29, 1.82) is 0 Å². The average Bonchev–Trinajstić information content (AvgIpc) is 3.09. The van der Waals surface area contributed by atoms with Gasteiger partial charge in [0.1, 0.15) is 0 Å². The standard InChI is InChI=1S/C12H20N4/c1-3-6-16(11-4-5-11)12-14-8-10(7-13)9(2)15-12/h8,11H,3-7,13H2,1-2H3. The van der Waals surface area contributed by atoms with Gasteiger partial charge in [-0.15, -0.1) is 0 Å². The summed E-state index contributed by atoms with van der Waals surface area (Å²) in [6.07, 6.45) is 5.56. The monoisotopic (exact) mass is 220 g/mol. The Morgan fingerprint density at radius 3 is 2.75 bits per heavy atom. The van der Waals surface area contributed by atoms with Crippen LogP contribution in [0.2, 0.25) is 0 Å². The molecule has 0 amide bonds. The Kier molecular flexibility index (Phi) is 3.39. The minimum Gasteiger partial charge on any atom is -0.338 e. The van der Waals surface area contributed by atoms with Crippen LogP contribution in [0.15, 0.2) is 6.20 Å². The highest BCUT2D eigenvalue weighted by molar-refractivity contribution is 5.36. The molecule has 1 aromatic heterocycles. The number of anilines is 1. The molecular weight excluding hydrogens is 200 g/mol. The highest BCUT2D eigenvalue weighted by Crippen LogP contribution is 2.29. The lowest BCUT2D eigenvalue weighted by Gasteiger charge is -2.22. The Morgan fingerprint density at radius 1 is 1.50 bits per heavy atom. The molecule has 4 nitrogen and oxygen atoms in total. The summed E-state index contributed by atoms with van der Waals surface area (Å²) in [5.74, 6) is 0.874. The van der Waals surface area contributed by atoms with E-state index < -0.39 is 0 Å². The summed E-state index contributed by atoms with van der Waals surface area (Å²) < 4.78 is 0. The predicted octanol–water partition coefficient (Wildman–Crippen LogP) is 1.62. The smallest absolute Gasteiger partial charge is 0.225 e. The fourth-order valence-electron chi connectivity index (χ4n) is 1.89. The number of hydrogen-bond acceptors (Lipinski definition) is 4. The van der Waals surface area contributed by atoms with Crippen LogP contribution in [0.1, 0.15) is 37.4 Å². The molecule has 2 rings (SSSR count). The number of rotatable bonds is 5. The lowest BCUT2D eigenvalue weighted by atomic mass is 10.2. The molecule has 2 N–H and O–H groups in total. The number of hydrogen-bond donors (Lipinski definition) is 1. The van der Waals surface area contributed by atoms with Crippen molar-refractivity contribution in [2.45, 2.75) is 45.7 Å². The summed E-state index contributed by atoms with van der Waals surface area (Å²) in [7, 11) is 0. The molecule has 0 aromatic carbocycles. The quantitative estimate of drug-likeness (QED) is 0.819. The van der Waals surface area contributed by atoms with E-state index >= 15 is 0 Å². The van der Waals surface area contributed by atoms with Crippen LogP contribution in [0, 0.1) is 6.92 Å². The first kappa shape index (κ1) is 11.3. The van der Waals surface area contributed by atoms with Crippen molar-refractivity contribution in [2.75, 3.05) is 11.4 Å². The Morgan fingerprint density at radius 2 is 2.25 bits per heavy atom. The summed E-state index contributed by atoms with van der Waals surface area (Å²) in [4.78, 5) is 11.3. The molecule has 4 heteroatoms. The fourth-order valence-corrected chi connectivity index (χ4v) is 1.89. The second-order valence-corrected chi connectivity index (χ2v) is 4.41. The topological polar surface area (TPSA) is 55.0 Å². The van der Waals surface area contributed by atoms with Crippen LogP contribution < -0.4 is 10.6 Å². The van der Waals surface area contributed by atoms with Crippen LogP contribution in [0.4, 0.5) is 5.95 Å². The Labute approximate surface area is 96.9 Å². The van der Waals surface area contributed by atoms with E-state index in [2.05, 4.69) is 21.8 Å². The molecule has 1 fully saturated rings. The van der Waals surface area contributed by atoms with Crippen molar-refractivity contribution in [1.82, 2.24) is 9.97 Å². The van der Waals surface area contributed by atoms with Crippen LogP contribution in [-0.2, 0) is 6.54 Å². The second kappa shape index (κ2) is 4.78. The Balaban J connectivity index is 2.20. The van der Waals surface area contributed by atoms with Gasteiger partial charge in [-0.2, -0.15) is 0 Å². The highest BCUT2D eigenvalue weighted by atomic mass is 15.3. The minimum atomic E-state index is 0.517. The molecule has 1 aromatic rings. The van der Waals surface area contributed by atoms with E-state index in [0.717, 1.165) is 30.2 Å². The van der Waals surface area contributed by atoms with Gasteiger partial charge in [0.25, 0.3) is 0 Å². The summed E-state index contributed by atoms with van der Waals surface area (Å²) in [6, 6.07) is 0.670. The van der Waals surface area contributed by atoms with Crippen LogP contribution >= 0.6 is 0 Å². The molecule has 0 atom stereocenters. The summed E-state index contributed by atoms with van der Waals surface area (Å²) >= 11 is 0. The Bertz CT molecular complexity index is 360. The number of nitrogens with zero attached hydrogens (tertiary/aromatic N) is 3. The van der Waals surface area contributed by atoms with Gasteiger partial charge < -0.3 is 10.6 Å². The van der Waals surface area contributed by atoms with Gasteiger partial charge in [-0.3, -0.25) is 0 Å². The van der Waals surface area contributed by atoms with E-state index in [1.807, 2.05) is 13.1 Å². The zero-order valence-corrected chi connectivity index (χ0v) is 10.1. The third-order valence-corrected chi connectivity index (χ3v) is 3.00. The maximum absolute atomic E-state index is 5.61. The first-order valence-electron chi connectivity index (χ1n) is 6.05. The zero-order chi connectivity index (χ0) is 11.5. The molecule has 0 unspecified atom stereocenters. The van der Waals surface area contributed by atoms with Gasteiger partial charge in [0, 0.05) is 36.6 Å². The van der Waals surface area contributed by atoms with Crippen molar-refractivity contribution in [3.63, 3.8) is 0 Å². The van der Waals surface area contributed by atoms with E-state index in [4.69, 9.17) is 5.73 Å². The minimum absolute atomic E-state index is 0.517. The van der Waals surface area contributed by atoms with E-state index in [1.165, 1.54) is 12.8 Å². The molecule has 0 saturated heterocycles. The van der Waals surface area contributed by atoms with Crippen LogP contribution in [0.25, 0.3) is 0 Å². The number of aryl methyl sites for hydroxylation is 1. The van der Waals surface area contributed by atoms with Crippen molar-refractivity contribution >= 4 is 5.95 Å². The summed E-state index contributed by atoms with van der Waals surface area (Å²) in [6.45, 7) is 5.76. The van der Waals surface area contributed by atoms with E-state index in [1.54, 1.807) is 0 Å². The van der Waals surface area contributed by atoms with Gasteiger partial charge in [-0.25, -0.2) is 9.97 Å². The van der Waals surface area contributed by atoms with Crippen LogP contribution in [0.3, 0.4) is 0 Å². The first-order valence-corrected chi connectivity index (χ1v) is 6.05. The largest absolute Gasteiger partial charge is 0.338 e. The van der Waals surface area contributed by atoms with Crippen LogP contribution in [0.5, 0.6) is 0 Å². The third-order valence-electron chi connectivity index (χ3n) is 3.00. The summed E-state index contributed by atoms with van der Waals surface area (Å²) in [5, 5.41) is 0. The summed E-state index contributed by atoms with van der Waals surface area (Å²) in [5.41, 5.74) is 7.66. The van der Waals surface area contributed by atoms with E-state index in [0.29, 0.717) is 12.6 Å².